The molecular formula is C16H14ClFN4. The van der Waals surface area contributed by atoms with E-state index in [0.29, 0.717) is 5.02 Å². The van der Waals surface area contributed by atoms with Crippen molar-refractivity contribution in [2.45, 2.75) is 0 Å². The molecule has 1 aliphatic heterocycles. The standard InChI is InChI=1S/C16H14ClFN4/c17-14-5-6-16(20-15(14)11-19)22-9-7-21(8-10-22)13-3-1-12(18)2-4-13/h1-6H,7-10H2. The monoisotopic (exact) mass is 316 g/mol. The molecule has 1 fully saturated rings. The number of hydrogen-bond acceptors (Lipinski definition) is 4. The van der Waals surface area contributed by atoms with Crippen molar-refractivity contribution >= 4 is 23.1 Å². The van der Waals surface area contributed by atoms with E-state index in [4.69, 9.17) is 16.9 Å². The van der Waals surface area contributed by atoms with Gasteiger partial charge in [0.15, 0.2) is 5.69 Å². The van der Waals surface area contributed by atoms with Gasteiger partial charge in [0.05, 0.1) is 5.02 Å². The average molecular weight is 317 g/mol. The van der Waals surface area contributed by atoms with Gasteiger partial charge in [-0.3, -0.25) is 0 Å². The molecule has 3 rings (SSSR count). The van der Waals surface area contributed by atoms with E-state index < -0.39 is 0 Å². The first-order valence-corrected chi connectivity index (χ1v) is 7.37. The fourth-order valence-electron chi connectivity index (χ4n) is 2.53. The zero-order valence-electron chi connectivity index (χ0n) is 11.8. The number of aromatic nitrogens is 1. The van der Waals surface area contributed by atoms with Crippen LogP contribution in [0.1, 0.15) is 5.69 Å². The van der Waals surface area contributed by atoms with E-state index in [0.717, 1.165) is 37.7 Å². The molecule has 0 N–H and O–H groups in total. The Morgan fingerprint density at radius 1 is 1.00 bits per heavy atom. The van der Waals surface area contributed by atoms with Crippen molar-refractivity contribution in [2.24, 2.45) is 0 Å². The van der Waals surface area contributed by atoms with Crippen LogP contribution in [0.2, 0.25) is 5.02 Å². The molecule has 0 atom stereocenters. The summed E-state index contributed by atoms with van der Waals surface area (Å²) in [7, 11) is 0. The summed E-state index contributed by atoms with van der Waals surface area (Å²) in [4.78, 5) is 8.62. The second kappa shape index (κ2) is 6.20. The lowest BCUT2D eigenvalue weighted by atomic mass is 10.2. The number of pyridine rings is 1. The molecule has 1 aromatic heterocycles. The Morgan fingerprint density at radius 3 is 2.27 bits per heavy atom. The van der Waals surface area contributed by atoms with Gasteiger partial charge in [-0.2, -0.15) is 5.26 Å². The predicted molar refractivity (Wildman–Crippen MR) is 84.8 cm³/mol. The summed E-state index contributed by atoms with van der Waals surface area (Å²) in [5.41, 5.74) is 1.27. The fraction of sp³-hybridized carbons (Fsp3) is 0.250. The van der Waals surface area contributed by atoms with Crippen LogP contribution in [0.15, 0.2) is 36.4 Å². The highest BCUT2D eigenvalue weighted by molar-refractivity contribution is 6.31. The van der Waals surface area contributed by atoms with Crippen LogP contribution < -0.4 is 9.80 Å². The first-order chi connectivity index (χ1) is 10.7. The number of rotatable bonds is 2. The van der Waals surface area contributed by atoms with Gasteiger partial charge in [-0.25, -0.2) is 9.37 Å². The summed E-state index contributed by atoms with van der Waals surface area (Å²) >= 11 is 5.91. The van der Waals surface area contributed by atoms with Gasteiger partial charge in [-0.1, -0.05) is 11.6 Å². The maximum absolute atomic E-state index is 13.0. The minimum absolute atomic E-state index is 0.225. The van der Waals surface area contributed by atoms with Crippen molar-refractivity contribution in [2.75, 3.05) is 36.0 Å². The molecule has 1 aliphatic rings. The second-order valence-electron chi connectivity index (χ2n) is 5.06. The van der Waals surface area contributed by atoms with E-state index in [1.807, 2.05) is 12.1 Å². The molecule has 0 spiro atoms. The van der Waals surface area contributed by atoms with Gasteiger partial charge in [0.2, 0.25) is 0 Å². The molecule has 0 radical (unpaired) electrons. The molecule has 0 unspecified atom stereocenters. The van der Waals surface area contributed by atoms with Gasteiger partial charge in [0.25, 0.3) is 0 Å². The van der Waals surface area contributed by atoms with Crippen molar-refractivity contribution in [3.63, 3.8) is 0 Å². The van der Waals surface area contributed by atoms with Crippen molar-refractivity contribution in [1.82, 2.24) is 4.98 Å². The topological polar surface area (TPSA) is 43.2 Å². The molecule has 1 aromatic carbocycles. The summed E-state index contributed by atoms with van der Waals surface area (Å²) in [5, 5.41) is 9.37. The summed E-state index contributed by atoms with van der Waals surface area (Å²) in [5.74, 6) is 0.538. The third kappa shape index (κ3) is 2.97. The molecule has 2 heterocycles. The zero-order valence-corrected chi connectivity index (χ0v) is 12.6. The van der Waals surface area contributed by atoms with Crippen molar-refractivity contribution in [3.8, 4) is 6.07 Å². The lowest BCUT2D eigenvalue weighted by Gasteiger charge is -2.36. The van der Waals surface area contributed by atoms with E-state index in [-0.39, 0.29) is 11.5 Å². The van der Waals surface area contributed by atoms with Gasteiger partial charge < -0.3 is 9.80 Å². The third-order valence-electron chi connectivity index (χ3n) is 3.73. The number of nitriles is 1. The van der Waals surface area contributed by atoms with Crippen LogP contribution in [0, 0.1) is 17.1 Å². The van der Waals surface area contributed by atoms with Crippen LogP contribution >= 0.6 is 11.6 Å². The lowest BCUT2D eigenvalue weighted by Crippen LogP contribution is -2.46. The molecule has 0 saturated carbocycles. The number of benzene rings is 1. The van der Waals surface area contributed by atoms with Gasteiger partial charge in [-0.05, 0) is 36.4 Å². The van der Waals surface area contributed by atoms with Crippen LogP contribution in [0.4, 0.5) is 15.9 Å². The van der Waals surface area contributed by atoms with Crippen LogP contribution in [0.3, 0.4) is 0 Å². The number of piperazine rings is 1. The van der Waals surface area contributed by atoms with Crippen molar-refractivity contribution in [3.05, 3.63) is 52.9 Å². The van der Waals surface area contributed by atoms with E-state index in [9.17, 15) is 4.39 Å². The Morgan fingerprint density at radius 2 is 1.64 bits per heavy atom. The number of nitrogens with zero attached hydrogens (tertiary/aromatic N) is 4. The Balaban J connectivity index is 1.69. The fourth-order valence-corrected chi connectivity index (χ4v) is 2.68. The predicted octanol–water partition coefficient (Wildman–Crippen LogP) is 3.07. The molecule has 6 heteroatoms. The lowest BCUT2D eigenvalue weighted by molar-refractivity contribution is 0.624. The highest BCUT2D eigenvalue weighted by Gasteiger charge is 2.19. The summed E-state index contributed by atoms with van der Waals surface area (Å²) in [6, 6.07) is 12.1. The zero-order chi connectivity index (χ0) is 15.5. The molecule has 22 heavy (non-hydrogen) atoms. The van der Waals surface area contributed by atoms with Crippen LogP contribution in [0.5, 0.6) is 0 Å². The summed E-state index contributed by atoms with van der Waals surface area (Å²) in [6.45, 7) is 3.21. The SMILES string of the molecule is N#Cc1nc(N2CCN(c3ccc(F)cc3)CC2)ccc1Cl. The van der Waals surface area contributed by atoms with Crippen LogP contribution in [-0.2, 0) is 0 Å². The van der Waals surface area contributed by atoms with E-state index >= 15 is 0 Å². The van der Waals surface area contributed by atoms with E-state index in [1.54, 1.807) is 18.2 Å². The molecule has 4 nitrogen and oxygen atoms in total. The van der Waals surface area contributed by atoms with Crippen LogP contribution in [-0.4, -0.2) is 31.2 Å². The van der Waals surface area contributed by atoms with Crippen LogP contribution in [0.25, 0.3) is 0 Å². The molecule has 2 aromatic rings. The quantitative estimate of drug-likeness (QED) is 0.854. The van der Waals surface area contributed by atoms with Gasteiger partial charge in [0, 0.05) is 31.9 Å². The minimum atomic E-state index is -0.225. The Kier molecular flexibility index (Phi) is 4.12. The first kappa shape index (κ1) is 14.6. The maximum atomic E-state index is 13.0. The minimum Gasteiger partial charge on any atom is -0.368 e. The van der Waals surface area contributed by atoms with Gasteiger partial charge >= 0.3 is 0 Å². The normalized spacial score (nSPS) is 14.8. The molecule has 0 bridgehead atoms. The van der Waals surface area contributed by atoms with E-state index in [2.05, 4.69) is 14.8 Å². The maximum Gasteiger partial charge on any atom is 0.161 e. The Bertz CT molecular complexity index is 703. The molecule has 1 saturated heterocycles. The number of anilines is 2. The second-order valence-corrected chi connectivity index (χ2v) is 5.47. The molecule has 112 valence electrons. The number of halogens is 2. The molecular weight excluding hydrogens is 303 g/mol. The first-order valence-electron chi connectivity index (χ1n) is 6.99. The third-order valence-corrected chi connectivity index (χ3v) is 4.04. The largest absolute Gasteiger partial charge is 0.368 e. The van der Waals surface area contributed by atoms with E-state index in [1.165, 1.54) is 12.1 Å². The Labute approximate surface area is 133 Å². The van der Waals surface area contributed by atoms with Crippen molar-refractivity contribution < 1.29 is 4.39 Å². The Hall–Kier alpha value is -2.32. The molecule has 0 amide bonds. The summed E-state index contributed by atoms with van der Waals surface area (Å²) in [6.07, 6.45) is 0. The van der Waals surface area contributed by atoms with Gasteiger partial charge in [-0.15, -0.1) is 0 Å². The average Bonchev–Trinajstić information content (AvgIpc) is 2.56. The van der Waals surface area contributed by atoms with Crippen molar-refractivity contribution in [1.29, 1.82) is 5.26 Å². The summed E-state index contributed by atoms with van der Waals surface area (Å²) < 4.78 is 13.0. The smallest absolute Gasteiger partial charge is 0.161 e. The van der Waals surface area contributed by atoms with Gasteiger partial charge in [0.1, 0.15) is 17.7 Å². The highest BCUT2D eigenvalue weighted by atomic mass is 35.5. The molecule has 0 aliphatic carbocycles. The highest BCUT2D eigenvalue weighted by Crippen LogP contribution is 2.22. The number of hydrogen-bond donors (Lipinski definition) is 0.